The van der Waals surface area contributed by atoms with Gasteiger partial charge in [-0.25, -0.2) is 0 Å². The van der Waals surface area contributed by atoms with Crippen LogP contribution in [0.25, 0.3) is 0 Å². The SMILES string of the molecule is CC[C@H](N)C1CCCCCC1. The molecule has 0 heterocycles. The molecule has 11 heavy (non-hydrogen) atoms. The van der Waals surface area contributed by atoms with E-state index in [1.165, 1.54) is 38.5 Å². The highest BCUT2D eigenvalue weighted by molar-refractivity contribution is 4.73. The van der Waals surface area contributed by atoms with Crippen LogP contribution in [0.5, 0.6) is 0 Å². The monoisotopic (exact) mass is 155 g/mol. The molecule has 0 amide bonds. The lowest BCUT2D eigenvalue weighted by atomic mass is 9.91. The molecule has 0 bridgehead atoms. The highest BCUT2D eigenvalue weighted by Gasteiger charge is 2.17. The van der Waals surface area contributed by atoms with Gasteiger partial charge in [0.25, 0.3) is 0 Å². The quantitative estimate of drug-likeness (QED) is 0.610. The Labute approximate surface area is 70.4 Å². The Morgan fingerprint density at radius 1 is 1.18 bits per heavy atom. The summed E-state index contributed by atoms with van der Waals surface area (Å²) in [6, 6.07) is 0.480. The molecule has 0 unspecified atom stereocenters. The molecule has 1 aliphatic rings. The van der Waals surface area contributed by atoms with Gasteiger partial charge < -0.3 is 5.73 Å². The fourth-order valence-corrected chi connectivity index (χ4v) is 2.07. The first-order valence-electron chi connectivity index (χ1n) is 5.10. The Morgan fingerprint density at radius 3 is 2.18 bits per heavy atom. The van der Waals surface area contributed by atoms with Crippen molar-refractivity contribution in [3.63, 3.8) is 0 Å². The summed E-state index contributed by atoms with van der Waals surface area (Å²) in [6.45, 7) is 2.20. The molecule has 0 radical (unpaired) electrons. The van der Waals surface area contributed by atoms with Crippen molar-refractivity contribution in [3.05, 3.63) is 0 Å². The van der Waals surface area contributed by atoms with Gasteiger partial charge in [-0.1, -0.05) is 32.6 Å². The van der Waals surface area contributed by atoms with E-state index >= 15 is 0 Å². The summed E-state index contributed by atoms with van der Waals surface area (Å²) in [7, 11) is 0. The van der Waals surface area contributed by atoms with Crippen LogP contribution in [0.2, 0.25) is 0 Å². The minimum atomic E-state index is 0.480. The summed E-state index contributed by atoms with van der Waals surface area (Å²) in [5.41, 5.74) is 6.02. The van der Waals surface area contributed by atoms with E-state index in [1.807, 2.05) is 0 Å². The molecule has 1 aliphatic carbocycles. The molecule has 0 saturated heterocycles. The predicted molar refractivity (Wildman–Crippen MR) is 49.5 cm³/mol. The molecule has 1 rings (SSSR count). The van der Waals surface area contributed by atoms with Crippen LogP contribution in [0.1, 0.15) is 51.9 Å². The number of hydrogen-bond donors (Lipinski definition) is 1. The van der Waals surface area contributed by atoms with Gasteiger partial charge in [-0.2, -0.15) is 0 Å². The van der Waals surface area contributed by atoms with Crippen LogP contribution < -0.4 is 5.73 Å². The van der Waals surface area contributed by atoms with E-state index in [-0.39, 0.29) is 0 Å². The van der Waals surface area contributed by atoms with Crippen LogP contribution >= 0.6 is 0 Å². The molecular formula is C10H21N. The van der Waals surface area contributed by atoms with Gasteiger partial charge in [0.2, 0.25) is 0 Å². The first kappa shape index (κ1) is 9.05. The minimum Gasteiger partial charge on any atom is -0.327 e. The van der Waals surface area contributed by atoms with E-state index in [1.54, 1.807) is 0 Å². The Kier molecular flexibility index (Phi) is 3.92. The third-order valence-corrected chi connectivity index (χ3v) is 2.98. The van der Waals surface area contributed by atoms with Gasteiger partial charge in [0.1, 0.15) is 0 Å². The first-order chi connectivity index (χ1) is 5.34. The lowest BCUT2D eigenvalue weighted by Crippen LogP contribution is -2.28. The maximum Gasteiger partial charge on any atom is 0.00645 e. The first-order valence-corrected chi connectivity index (χ1v) is 5.10. The molecule has 0 aromatic carbocycles. The smallest absolute Gasteiger partial charge is 0.00645 e. The fraction of sp³-hybridized carbons (Fsp3) is 1.00. The van der Waals surface area contributed by atoms with Gasteiger partial charge >= 0.3 is 0 Å². The topological polar surface area (TPSA) is 26.0 Å². The molecule has 1 heteroatoms. The molecule has 0 aromatic rings. The Balaban J connectivity index is 2.30. The van der Waals surface area contributed by atoms with Gasteiger partial charge in [0.15, 0.2) is 0 Å². The zero-order valence-electron chi connectivity index (χ0n) is 7.68. The number of rotatable bonds is 2. The maximum atomic E-state index is 6.02. The molecule has 0 aromatic heterocycles. The molecule has 1 fully saturated rings. The van der Waals surface area contributed by atoms with E-state index in [9.17, 15) is 0 Å². The van der Waals surface area contributed by atoms with Crippen molar-refractivity contribution in [1.29, 1.82) is 0 Å². The summed E-state index contributed by atoms with van der Waals surface area (Å²) >= 11 is 0. The van der Waals surface area contributed by atoms with Crippen molar-refractivity contribution in [3.8, 4) is 0 Å². The van der Waals surface area contributed by atoms with Gasteiger partial charge in [-0.05, 0) is 25.2 Å². The molecule has 0 aliphatic heterocycles. The largest absolute Gasteiger partial charge is 0.327 e. The molecule has 1 saturated carbocycles. The summed E-state index contributed by atoms with van der Waals surface area (Å²) in [6.07, 6.45) is 9.63. The average molecular weight is 155 g/mol. The van der Waals surface area contributed by atoms with Crippen LogP contribution in [0.4, 0.5) is 0 Å². The normalized spacial score (nSPS) is 24.5. The number of hydrogen-bond acceptors (Lipinski definition) is 1. The predicted octanol–water partition coefficient (Wildman–Crippen LogP) is 2.69. The Bertz CT molecular complexity index is 93.0. The molecule has 0 spiro atoms. The maximum absolute atomic E-state index is 6.02. The van der Waals surface area contributed by atoms with E-state index in [0.717, 1.165) is 12.3 Å². The number of nitrogens with two attached hydrogens (primary N) is 1. The summed E-state index contributed by atoms with van der Waals surface area (Å²) in [4.78, 5) is 0. The zero-order chi connectivity index (χ0) is 8.10. The van der Waals surface area contributed by atoms with Crippen molar-refractivity contribution >= 4 is 0 Å². The lowest BCUT2D eigenvalue weighted by molar-refractivity contribution is 0.367. The highest BCUT2D eigenvalue weighted by atomic mass is 14.6. The highest BCUT2D eigenvalue weighted by Crippen LogP contribution is 2.25. The molecular weight excluding hydrogens is 134 g/mol. The second-order valence-electron chi connectivity index (χ2n) is 3.82. The summed E-state index contributed by atoms with van der Waals surface area (Å²) in [5.74, 6) is 0.836. The average Bonchev–Trinajstić information content (AvgIpc) is 2.30. The second-order valence-corrected chi connectivity index (χ2v) is 3.82. The lowest BCUT2D eigenvalue weighted by Gasteiger charge is -2.20. The Hall–Kier alpha value is -0.0400. The van der Waals surface area contributed by atoms with Crippen LogP contribution in [0.15, 0.2) is 0 Å². The third kappa shape index (κ3) is 2.82. The minimum absolute atomic E-state index is 0.480. The standard InChI is InChI=1S/C10H21N/c1-2-10(11)9-7-5-3-4-6-8-9/h9-10H,2-8,11H2,1H3/t10-/m0/s1. The second kappa shape index (κ2) is 4.76. The van der Waals surface area contributed by atoms with Crippen molar-refractivity contribution in [2.45, 2.75) is 57.9 Å². The summed E-state index contributed by atoms with van der Waals surface area (Å²) in [5, 5.41) is 0. The van der Waals surface area contributed by atoms with Gasteiger partial charge in [0, 0.05) is 6.04 Å². The van der Waals surface area contributed by atoms with Crippen LogP contribution in [0.3, 0.4) is 0 Å². The zero-order valence-corrected chi connectivity index (χ0v) is 7.68. The molecule has 1 nitrogen and oxygen atoms in total. The Morgan fingerprint density at radius 2 is 1.73 bits per heavy atom. The van der Waals surface area contributed by atoms with E-state index in [2.05, 4.69) is 6.92 Å². The van der Waals surface area contributed by atoms with E-state index in [0.29, 0.717) is 6.04 Å². The van der Waals surface area contributed by atoms with Gasteiger partial charge in [0.05, 0.1) is 0 Å². The molecule has 1 atom stereocenters. The van der Waals surface area contributed by atoms with Gasteiger partial charge in [-0.15, -0.1) is 0 Å². The van der Waals surface area contributed by atoms with Crippen LogP contribution in [-0.2, 0) is 0 Å². The van der Waals surface area contributed by atoms with Crippen LogP contribution in [-0.4, -0.2) is 6.04 Å². The van der Waals surface area contributed by atoms with Crippen LogP contribution in [0, 0.1) is 5.92 Å². The van der Waals surface area contributed by atoms with Gasteiger partial charge in [-0.3, -0.25) is 0 Å². The van der Waals surface area contributed by atoms with E-state index in [4.69, 9.17) is 5.73 Å². The summed E-state index contributed by atoms with van der Waals surface area (Å²) < 4.78 is 0. The molecule has 66 valence electrons. The van der Waals surface area contributed by atoms with Crippen molar-refractivity contribution in [2.75, 3.05) is 0 Å². The van der Waals surface area contributed by atoms with Crippen molar-refractivity contribution in [2.24, 2.45) is 11.7 Å². The third-order valence-electron chi connectivity index (χ3n) is 2.98. The van der Waals surface area contributed by atoms with Crippen molar-refractivity contribution in [1.82, 2.24) is 0 Å². The van der Waals surface area contributed by atoms with Crippen molar-refractivity contribution < 1.29 is 0 Å². The molecule has 2 N–H and O–H groups in total. The van der Waals surface area contributed by atoms with E-state index < -0.39 is 0 Å². The fourth-order valence-electron chi connectivity index (χ4n) is 2.07.